The Labute approximate surface area is 163 Å². The highest BCUT2D eigenvalue weighted by Crippen LogP contribution is 2.32. The van der Waals surface area contributed by atoms with Crippen LogP contribution in [0.1, 0.15) is 41.2 Å². The van der Waals surface area contributed by atoms with Crippen molar-refractivity contribution in [2.24, 2.45) is 16.8 Å². The fourth-order valence-corrected chi connectivity index (χ4v) is 3.84. The number of amides is 2. The molecule has 1 saturated heterocycles. The normalized spacial score (nSPS) is 19.8. The number of nitrogens with two attached hydrogens (primary N) is 1. The zero-order chi connectivity index (χ0) is 19.5. The molecule has 1 aromatic heterocycles. The Balaban J connectivity index is 1.38. The second-order valence-corrected chi connectivity index (χ2v) is 7.17. The van der Waals surface area contributed by atoms with E-state index in [0.29, 0.717) is 5.56 Å². The summed E-state index contributed by atoms with van der Waals surface area (Å²) >= 11 is 0. The maximum absolute atomic E-state index is 13.1. The van der Waals surface area contributed by atoms with Crippen molar-refractivity contribution in [3.8, 4) is 0 Å². The first-order valence-corrected chi connectivity index (χ1v) is 9.55. The van der Waals surface area contributed by atoms with E-state index in [9.17, 15) is 9.59 Å². The minimum Gasteiger partial charge on any atom is -0.366 e. The Morgan fingerprint density at radius 1 is 1.04 bits per heavy atom. The molecule has 0 saturated carbocycles. The highest BCUT2D eigenvalue weighted by Gasteiger charge is 2.34. The number of anilines is 1. The standard InChI is InChI=1S/C21H23N5O2/c22-20(27)17-6-7-19(23-14-17)25-12-9-16(10-13-25)21(28)26-18(8-11-24-26)15-4-2-1-3-5-15/h1-7,11,14,16,18H,8-10,12-13H2,(H2,22,27). The number of carbonyl (C=O) groups is 2. The molecule has 1 unspecified atom stereocenters. The van der Waals surface area contributed by atoms with E-state index in [0.717, 1.165) is 43.7 Å². The van der Waals surface area contributed by atoms with E-state index in [1.807, 2.05) is 36.5 Å². The van der Waals surface area contributed by atoms with E-state index in [-0.39, 0.29) is 17.9 Å². The zero-order valence-corrected chi connectivity index (χ0v) is 15.6. The number of nitrogens with zero attached hydrogens (tertiary/aromatic N) is 4. The van der Waals surface area contributed by atoms with Gasteiger partial charge in [0.15, 0.2) is 0 Å². The summed E-state index contributed by atoms with van der Waals surface area (Å²) in [5, 5.41) is 6.02. The molecule has 2 aliphatic heterocycles. The highest BCUT2D eigenvalue weighted by molar-refractivity contribution is 5.92. The topological polar surface area (TPSA) is 91.9 Å². The van der Waals surface area contributed by atoms with Gasteiger partial charge in [0.05, 0.1) is 11.6 Å². The average molecular weight is 377 g/mol. The molecule has 4 rings (SSSR count). The van der Waals surface area contributed by atoms with Crippen LogP contribution in [-0.2, 0) is 4.79 Å². The van der Waals surface area contributed by atoms with Gasteiger partial charge >= 0.3 is 0 Å². The van der Waals surface area contributed by atoms with E-state index in [1.165, 1.54) is 6.20 Å². The molecule has 1 atom stereocenters. The third-order valence-electron chi connectivity index (χ3n) is 5.44. The Hall–Kier alpha value is -3.22. The summed E-state index contributed by atoms with van der Waals surface area (Å²) < 4.78 is 0. The van der Waals surface area contributed by atoms with E-state index in [1.54, 1.807) is 17.1 Å². The van der Waals surface area contributed by atoms with Crippen LogP contribution in [0.25, 0.3) is 0 Å². The monoisotopic (exact) mass is 377 g/mol. The minimum absolute atomic E-state index is 0.00487. The maximum atomic E-state index is 13.1. The van der Waals surface area contributed by atoms with Gasteiger partial charge in [0.2, 0.25) is 11.8 Å². The number of benzene rings is 1. The molecular formula is C21H23N5O2. The molecule has 1 aromatic carbocycles. The van der Waals surface area contributed by atoms with Crippen molar-refractivity contribution >= 4 is 23.8 Å². The van der Waals surface area contributed by atoms with Crippen LogP contribution in [0.3, 0.4) is 0 Å². The lowest BCUT2D eigenvalue weighted by Gasteiger charge is -2.34. The lowest BCUT2D eigenvalue weighted by molar-refractivity contribution is -0.138. The summed E-state index contributed by atoms with van der Waals surface area (Å²) in [6.45, 7) is 1.49. The Morgan fingerprint density at radius 3 is 2.43 bits per heavy atom. The molecule has 1 fully saturated rings. The number of hydrogen-bond acceptors (Lipinski definition) is 5. The molecule has 2 aromatic rings. The van der Waals surface area contributed by atoms with Crippen molar-refractivity contribution in [3.63, 3.8) is 0 Å². The minimum atomic E-state index is -0.484. The molecule has 0 spiro atoms. The smallest absolute Gasteiger partial charge is 0.250 e. The molecule has 0 aliphatic carbocycles. The van der Waals surface area contributed by atoms with Crippen LogP contribution in [-0.4, -0.2) is 41.1 Å². The van der Waals surface area contributed by atoms with Gasteiger partial charge in [0.25, 0.3) is 0 Å². The predicted octanol–water partition coefficient (Wildman–Crippen LogP) is 2.36. The van der Waals surface area contributed by atoms with Gasteiger partial charge in [-0.2, -0.15) is 5.10 Å². The van der Waals surface area contributed by atoms with Gasteiger partial charge in [-0.15, -0.1) is 0 Å². The van der Waals surface area contributed by atoms with Crippen LogP contribution in [0.15, 0.2) is 53.8 Å². The number of primary amides is 1. The third-order valence-corrected chi connectivity index (χ3v) is 5.44. The van der Waals surface area contributed by atoms with E-state index in [4.69, 9.17) is 5.73 Å². The predicted molar refractivity (Wildman–Crippen MR) is 107 cm³/mol. The van der Waals surface area contributed by atoms with Gasteiger partial charge in [-0.05, 0) is 30.5 Å². The molecule has 0 bridgehead atoms. The molecule has 2 aliphatic rings. The number of hydrazone groups is 1. The molecule has 28 heavy (non-hydrogen) atoms. The molecule has 2 amide bonds. The first kappa shape index (κ1) is 18.2. The van der Waals surface area contributed by atoms with Crippen LogP contribution < -0.4 is 10.6 Å². The van der Waals surface area contributed by atoms with Gasteiger partial charge in [0, 0.05) is 37.8 Å². The first-order chi connectivity index (χ1) is 13.6. The Kier molecular flexibility index (Phi) is 5.06. The molecular weight excluding hydrogens is 354 g/mol. The summed E-state index contributed by atoms with van der Waals surface area (Å²) in [6, 6.07) is 13.5. The van der Waals surface area contributed by atoms with Crippen LogP contribution >= 0.6 is 0 Å². The van der Waals surface area contributed by atoms with Gasteiger partial charge in [-0.3, -0.25) is 9.59 Å². The number of aromatic nitrogens is 1. The summed E-state index contributed by atoms with van der Waals surface area (Å²) in [5.74, 6) is 0.377. The van der Waals surface area contributed by atoms with E-state index >= 15 is 0 Å². The lowest BCUT2D eigenvalue weighted by Crippen LogP contribution is -2.41. The summed E-state index contributed by atoms with van der Waals surface area (Å²) in [4.78, 5) is 30.7. The average Bonchev–Trinajstić information content (AvgIpc) is 3.24. The van der Waals surface area contributed by atoms with Gasteiger partial charge < -0.3 is 10.6 Å². The summed E-state index contributed by atoms with van der Waals surface area (Å²) in [6.07, 6.45) is 5.59. The fraction of sp³-hybridized carbons (Fsp3) is 0.333. The van der Waals surface area contributed by atoms with Gasteiger partial charge in [0.1, 0.15) is 5.82 Å². The van der Waals surface area contributed by atoms with Crippen LogP contribution in [0.4, 0.5) is 5.82 Å². The number of carbonyl (C=O) groups excluding carboxylic acids is 2. The SMILES string of the molecule is NC(=O)c1ccc(N2CCC(C(=O)N3N=CCC3c3ccccc3)CC2)nc1. The molecule has 0 radical (unpaired) electrons. The molecule has 7 nitrogen and oxygen atoms in total. The zero-order valence-electron chi connectivity index (χ0n) is 15.6. The molecule has 2 N–H and O–H groups in total. The Morgan fingerprint density at radius 2 is 1.79 bits per heavy atom. The van der Waals surface area contributed by atoms with Crippen molar-refractivity contribution in [3.05, 3.63) is 59.8 Å². The summed E-state index contributed by atoms with van der Waals surface area (Å²) in [5.41, 5.74) is 6.77. The van der Waals surface area contributed by atoms with E-state index in [2.05, 4.69) is 15.0 Å². The first-order valence-electron chi connectivity index (χ1n) is 9.55. The Bertz CT molecular complexity index is 873. The van der Waals surface area contributed by atoms with E-state index < -0.39 is 5.91 Å². The number of pyridine rings is 1. The van der Waals surface area contributed by atoms with Crippen LogP contribution in [0.5, 0.6) is 0 Å². The second-order valence-electron chi connectivity index (χ2n) is 7.17. The number of rotatable bonds is 4. The lowest BCUT2D eigenvalue weighted by atomic mass is 9.94. The molecule has 7 heteroatoms. The molecule has 3 heterocycles. The number of piperidine rings is 1. The molecule has 144 valence electrons. The van der Waals surface area contributed by atoms with Crippen molar-refractivity contribution in [1.82, 2.24) is 9.99 Å². The van der Waals surface area contributed by atoms with Crippen molar-refractivity contribution in [2.45, 2.75) is 25.3 Å². The van der Waals surface area contributed by atoms with Gasteiger partial charge in [-0.1, -0.05) is 30.3 Å². The highest BCUT2D eigenvalue weighted by atomic mass is 16.2. The fourth-order valence-electron chi connectivity index (χ4n) is 3.84. The van der Waals surface area contributed by atoms with Crippen molar-refractivity contribution < 1.29 is 9.59 Å². The second kappa shape index (κ2) is 7.80. The van der Waals surface area contributed by atoms with Crippen LogP contribution in [0.2, 0.25) is 0 Å². The van der Waals surface area contributed by atoms with Crippen molar-refractivity contribution in [2.75, 3.05) is 18.0 Å². The summed E-state index contributed by atoms with van der Waals surface area (Å²) in [7, 11) is 0. The van der Waals surface area contributed by atoms with Crippen molar-refractivity contribution in [1.29, 1.82) is 0 Å². The van der Waals surface area contributed by atoms with Crippen LogP contribution in [0, 0.1) is 5.92 Å². The third kappa shape index (κ3) is 3.60. The van der Waals surface area contributed by atoms with Gasteiger partial charge in [-0.25, -0.2) is 9.99 Å². The number of hydrogen-bond donors (Lipinski definition) is 1. The quantitative estimate of drug-likeness (QED) is 0.885. The maximum Gasteiger partial charge on any atom is 0.250 e. The largest absolute Gasteiger partial charge is 0.366 e.